The van der Waals surface area contributed by atoms with Gasteiger partial charge in [0, 0.05) is 37.4 Å². The molecule has 2 aliphatic rings. The Labute approximate surface area is 213 Å². The highest BCUT2D eigenvalue weighted by Crippen LogP contribution is 2.31. The van der Waals surface area contributed by atoms with Crippen LogP contribution < -0.4 is 4.74 Å². The number of likely N-dealkylation sites (tertiary alicyclic amines) is 1. The highest BCUT2D eigenvalue weighted by molar-refractivity contribution is 14.2. The third-order valence-electron chi connectivity index (χ3n) is 6.02. The molecule has 1 fully saturated rings. The molecule has 0 aliphatic carbocycles. The lowest BCUT2D eigenvalue weighted by Gasteiger charge is -2.32. The van der Waals surface area contributed by atoms with E-state index in [9.17, 15) is 4.79 Å². The highest BCUT2D eigenvalue weighted by atomic mass is 127. The van der Waals surface area contributed by atoms with Crippen LogP contribution in [0.5, 0.6) is 6.01 Å². The van der Waals surface area contributed by atoms with E-state index in [-0.39, 0.29) is 38.7 Å². The number of hydrogen-bond donors (Lipinski definition) is 1. The van der Waals surface area contributed by atoms with E-state index in [1.165, 1.54) is 11.1 Å². The van der Waals surface area contributed by atoms with Crippen molar-refractivity contribution >= 4 is 59.0 Å². The van der Waals surface area contributed by atoms with Crippen molar-refractivity contribution in [2.24, 2.45) is 5.92 Å². The van der Waals surface area contributed by atoms with Crippen molar-refractivity contribution in [3.63, 3.8) is 0 Å². The van der Waals surface area contributed by atoms with Crippen LogP contribution in [0, 0.1) is 5.92 Å². The Kier molecular flexibility index (Phi) is 6.83. The number of carbonyl (C=O) groups excluding carboxylic acids is 1. The van der Waals surface area contributed by atoms with Crippen LogP contribution in [0.15, 0.2) is 46.6 Å². The molecule has 5 rings (SSSR count). The molecule has 0 spiro atoms. The van der Waals surface area contributed by atoms with Gasteiger partial charge in [-0.25, -0.2) is 4.98 Å². The number of allylic oxidation sites excluding steroid dienone is 3. The largest absolute Gasteiger partial charge is 0.461 e. The minimum atomic E-state index is 0.00930. The molecule has 1 aromatic carbocycles. The predicted octanol–water partition coefficient (Wildman–Crippen LogP) is 5.99. The monoisotopic (exact) mass is 588 g/mol. The number of nitrogens with zero attached hydrogens (tertiary/aromatic N) is 3. The Morgan fingerprint density at radius 2 is 1.91 bits per heavy atom. The van der Waals surface area contributed by atoms with Gasteiger partial charge in [0.05, 0.1) is 16.2 Å². The van der Waals surface area contributed by atoms with Crippen LogP contribution in [-0.4, -0.2) is 49.0 Å². The van der Waals surface area contributed by atoms with Gasteiger partial charge in [-0.05, 0) is 25.3 Å². The Bertz CT molecular complexity index is 1300. The third kappa shape index (κ3) is 4.95. The first-order valence-electron chi connectivity index (χ1n) is 11.4. The number of hydrogen-bond acceptors (Lipinski definition) is 4. The fraction of sp³-hybridized carbons (Fsp3) is 0.308. The number of aromatic amines is 1. The van der Waals surface area contributed by atoms with Gasteiger partial charge in [-0.1, -0.05) is 82.6 Å². The van der Waals surface area contributed by atoms with Crippen molar-refractivity contribution < 1.29 is 9.53 Å². The summed E-state index contributed by atoms with van der Waals surface area (Å²) in [5.41, 5.74) is 5.43. The van der Waals surface area contributed by atoms with Crippen molar-refractivity contribution in [2.45, 2.75) is 32.8 Å². The lowest BCUT2D eigenvalue weighted by molar-refractivity contribution is -0.136. The highest BCUT2D eigenvalue weighted by Gasteiger charge is 2.26. The molecule has 1 saturated heterocycles. The van der Waals surface area contributed by atoms with Gasteiger partial charge in [0.2, 0.25) is 5.91 Å². The summed E-state index contributed by atoms with van der Waals surface area (Å²) in [6, 6.07) is 10.6. The molecule has 4 heterocycles. The fourth-order valence-corrected chi connectivity index (χ4v) is 6.04. The number of H-pyrrole nitrogens is 1. The lowest BCUT2D eigenvalue weighted by atomic mass is 10.0. The van der Waals surface area contributed by atoms with Crippen LogP contribution in [0.25, 0.3) is 28.0 Å². The molecule has 6 nitrogen and oxygen atoms in total. The SMILES string of the molecule is CC(C)C(=O)N1CCC(Oc2nc3nc(-c4ccc(C5=CC=CI=C5)cc4)c(Cl)cc3[nH]2)CC1. The van der Waals surface area contributed by atoms with Gasteiger partial charge < -0.3 is 14.6 Å². The minimum absolute atomic E-state index is 0.00930. The molecule has 2 aromatic heterocycles. The molecule has 8 heteroatoms. The molecule has 0 bridgehead atoms. The molecule has 0 saturated carbocycles. The van der Waals surface area contributed by atoms with E-state index in [4.69, 9.17) is 21.3 Å². The van der Waals surface area contributed by atoms with Crippen molar-refractivity contribution in [3.05, 3.63) is 57.2 Å². The Morgan fingerprint density at radius 1 is 1.18 bits per heavy atom. The van der Waals surface area contributed by atoms with E-state index in [0.717, 1.165) is 23.9 Å². The number of carbonyl (C=O) groups is 1. The van der Waals surface area contributed by atoms with Crippen LogP contribution in [0.2, 0.25) is 5.02 Å². The fourth-order valence-electron chi connectivity index (χ4n) is 4.17. The molecule has 0 radical (unpaired) electrons. The summed E-state index contributed by atoms with van der Waals surface area (Å²) < 4.78 is 10.7. The third-order valence-corrected chi connectivity index (χ3v) is 8.17. The van der Waals surface area contributed by atoms with Crippen LogP contribution >= 0.6 is 32.3 Å². The minimum Gasteiger partial charge on any atom is -0.461 e. The second-order valence-corrected chi connectivity index (χ2v) is 11.3. The smallest absolute Gasteiger partial charge is 0.296 e. The van der Waals surface area contributed by atoms with E-state index >= 15 is 0 Å². The average Bonchev–Trinajstić information content (AvgIpc) is 3.25. The van der Waals surface area contributed by atoms with E-state index in [1.807, 2.05) is 24.8 Å². The van der Waals surface area contributed by atoms with Crippen molar-refractivity contribution in [1.29, 1.82) is 0 Å². The second kappa shape index (κ2) is 10.00. The first-order chi connectivity index (χ1) is 16.5. The molecule has 34 heavy (non-hydrogen) atoms. The Hall–Kier alpha value is -2.52. The van der Waals surface area contributed by atoms with Gasteiger partial charge in [-0.3, -0.25) is 4.79 Å². The van der Waals surface area contributed by atoms with Crippen molar-refractivity contribution in [1.82, 2.24) is 19.9 Å². The van der Waals surface area contributed by atoms with Gasteiger partial charge in [0.15, 0.2) is 5.65 Å². The van der Waals surface area contributed by atoms with Crippen LogP contribution in [0.1, 0.15) is 32.3 Å². The molecule has 1 N–H and O–H groups in total. The number of imidazole rings is 1. The summed E-state index contributed by atoms with van der Waals surface area (Å²) in [5.74, 6) is 0.226. The summed E-state index contributed by atoms with van der Waals surface area (Å²) in [5, 5.41) is 0.563. The predicted molar refractivity (Wildman–Crippen MR) is 147 cm³/mol. The molecule has 0 unspecified atom stereocenters. The average molecular weight is 589 g/mol. The molecule has 2 aliphatic heterocycles. The zero-order valence-corrected chi connectivity index (χ0v) is 22.0. The number of benzene rings is 1. The van der Waals surface area contributed by atoms with Crippen LogP contribution in [0.4, 0.5) is 0 Å². The number of aromatic nitrogens is 3. The van der Waals surface area contributed by atoms with E-state index in [1.54, 1.807) is 0 Å². The zero-order valence-electron chi connectivity index (χ0n) is 19.1. The number of pyridine rings is 1. The summed E-state index contributed by atoms with van der Waals surface area (Å²) in [4.78, 5) is 26.6. The standard InChI is InChI=1S/C26H26ClIN4O2/c1-16(2)25(33)32-12-9-20(10-13-32)34-26-29-22-14-21(27)23(30-24(22)31-26)18-7-5-17(6-8-18)19-4-3-11-28-15-19/h3-8,11,14-16,20H,9-10,12-13H2,1-2H3,(H,29,30,31). The van der Waals surface area contributed by atoms with Crippen molar-refractivity contribution in [2.75, 3.05) is 13.1 Å². The zero-order chi connectivity index (χ0) is 23.7. The maximum atomic E-state index is 12.2. The Balaban J connectivity index is 1.30. The van der Waals surface area contributed by atoms with Crippen molar-refractivity contribution in [3.8, 4) is 17.3 Å². The first kappa shape index (κ1) is 23.2. The van der Waals surface area contributed by atoms with Gasteiger partial charge in [0.1, 0.15) is 6.10 Å². The van der Waals surface area contributed by atoms with Crippen LogP contribution in [0.3, 0.4) is 0 Å². The summed E-state index contributed by atoms with van der Waals surface area (Å²) in [6.07, 6.45) is 5.86. The molecule has 3 aromatic rings. The van der Waals surface area contributed by atoms with E-state index in [2.05, 4.69) is 54.5 Å². The number of amides is 1. The number of nitrogens with one attached hydrogen (secondary N) is 1. The number of rotatable bonds is 5. The quantitative estimate of drug-likeness (QED) is 0.372. The summed E-state index contributed by atoms with van der Waals surface area (Å²) in [6.45, 7) is 5.29. The van der Waals surface area contributed by atoms with E-state index in [0.29, 0.717) is 35.5 Å². The van der Waals surface area contributed by atoms with Gasteiger partial charge in [-0.2, -0.15) is 4.98 Å². The Morgan fingerprint density at radius 3 is 2.59 bits per heavy atom. The maximum absolute atomic E-state index is 12.2. The molecule has 1 amide bonds. The number of piperidine rings is 1. The van der Waals surface area contributed by atoms with Crippen LogP contribution in [-0.2, 0) is 4.79 Å². The summed E-state index contributed by atoms with van der Waals surface area (Å²) >= 11 is 6.60. The van der Waals surface area contributed by atoms with E-state index < -0.39 is 0 Å². The molecular formula is C26H26ClIN4O2. The second-order valence-electron chi connectivity index (χ2n) is 8.78. The maximum Gasteiger partial charge on any atom is 0.296 e. The number of fused-ring (bicyclic) bond motifs is 1. The topological polar surface area (TPSA) is 71.1 Å². The molecular weight excluding hydrogens is 563 g/mol. The van der Waals surface area contributed by atoms with Gasteiger partial charge >= 0.3 is 0 Å². The summed E-state index contributed by atoms with van der Waals surface area (Å²) in [7, 11) is 0. The molecule has 0 atom stereocenters. The normalized spacial score (nSPS) is 16.6. The number of halogens is 2. The molecule has 176 valence electrons. The lowest BCUT2D eigenvalue weighted by Crippen LogP contribution is -2.43. The van der Waals surface area contributed by atoms with Gasteiger partial charge in [0.25, 0.3) is 6.01 Å². The number of ether oxygens (including phenoxy) is 1. The first-order valence-corrected chi connectivity index (χ1v) is 14.3. The van der Waals surface area contributed by atoms with Gasteiger partial charge in [-0.15, -0.1) is 0 Å².